The molecule has 1 N–H and O–H groups in total. The fourth-order valence-corrected chi connectivity index (χ4v) is 6.13. The minimum Gasteiger partial charge on any atom is -0.507 e. The second-order valence-corrected chi connectivity index (χ2v) is 12.1. The van der Waals surface area contributed by atoms with Crippen LogP contribution < -0.4 is 5.30 Å². The van der Waals surface area contributed by atoms with Gasteiger partial charge in [-0.2, -0.15) is 0 Å². The predicted octanol–water partition coefficient (Wildman–Crippen LogP) is 8.08. The van der Waals surface area contributed by atoms with Gasteiger partial charge in [-0.05, 0) is 59.8 Å². The van der Waals surface area contributed by atoms with Gasteiger partial charge in [-0.1, -0.05) is 98.2 Å². The standard InChI is InChI=1S/C30H38NOP/c1-8-17-30(7,26-19-24(29(4,5)6)18-22(3)27(26)32)33-28-21(2)13-12-14-23(28)20-31-25-15-10-9-11-16-25/h9-16,18-20,32-33H,8,17H2,1-7H3. The molecule has 3 rings (SSSR count). The number of aryl methyl sites for hydroxylation is 2. The van der Waals surface area contributed by atoms with Crippen LogP contribution in [-0.2, 0) is 10.6 Å². The second kappa shape index (κ2) is 10.2. The van der Waals surface area contributed by atoms with Crippen molar-refractivity contribution in [2.45, 2.75) is 71.9 Å². The topological polar surface area (TPSA) is 32.6 Å². The first-order chi connectivity index (χ1) is 15.5. The third-order valence-electron chi connectivity index (χ3n) is 6.33. The number of aromatic hydroxyl groups is 1. The van der Waals surface area contributed by atoms with Crippen molar-refractivity contribution in [3.8, 4) is 5.75 Å². The smallest absolute Gasteiger partial charge is 0.122 e. The minimum absolute atomic E-state index is 0.0274. The van der Waals surface area contributed by atoms with Gasteiger partial charge in [0, 0.05) is 22.5 Å². The number of phenolic OH excluding ortho intramolecular Hbond substituents is 1. The minimum atomic E-state index is -0.160. The van der Waals surface area contributed by atoms with Crippen LogP contribution in [0.3, 0.4) is 0 Å². The molecule has 2 unspecified atom stereocenters. The summed E-state index contributed by atoms with van der Waals surface area (Å²) in [6, 6.07) is 20.9. The van der Waals surface area contributed by atoms with Gasteiger partial charge >= 0.3 is 0 Å². The van der Waals surface area contributed by atoms with Crippen LogP contribution in [0.15, 0.2) is 65.7 Å². The monoisotopic (exact) mass is 459 g/mol. The Morgan fingerprint density at radius 3 is 2.24 bits per heavy atom. The molecule has 3 aromatic rings. The highest BCUT2D eigenvalue weighted by Crippen LogP contribution is 2.50. The summed E-state index contributed by atoms with van der Waals surface area (Å²) in [4.78, 5) is 4.74. The number of hydrogen-bond donors (Lipinski definition) is 1. The summed E-state index contributed by atoms with van der Waals surface area (Å²) in [6.07, 6.45) is 4.06. The zero-order valence-electron chi connectivity index (χ0n) is 21.2. The van der Waals surface area contributed by atoms with Crippen molar-refractivity contribution in [1.29, 1.82) is 0 Å². The van der Waals surface area contributed by atoms with Crippen molar-refractivity contribution in [1.82, 2.24) is 0 Å². The Bertz CT molecular complexity index is 1130. The summed E-state index contributed by atoms with van der Waals surface area (Å²) < 4.78 is 0. The average Bonchev–Trinajstić information content (AvgIpc) is 2.76. The van der Waals surface area contributed by atoms with E-state index >= 15 is 0 Å². The zero-order valence-corrected chi connectivity index (χ0v) is 22.2. The molecule has 3 heteroatoms. The van der Waals surface area contributed by atoms with Crippen LogP contribution in [0.2, 0.25) is 0 Å². The van der Waals surface area contributed by atoms with E-state index in [0.717, 1.165) is 35.2 Å². The molecule has 0 aliphatic heterocycles. The molecule has 0 amide bonds. The Labute approximate surface area is 202 Å². The van der Waals surface area contributed by atoms with Gasteiger partial charge in [-0.15, -0.1) is 0 Å². The van der Waals surface area contributed by atoms with E-state index in [4.69, 9.17) is 4.99 Å². The van der Waals surface area contributed by atoms with Gasteiger partial charge < -0.3 is 5.11 Å². The summed E-state index contributed by atoms with van der Waals surface area (Å²) in [7, 11) is 0.519. The molecule has 0 radical (unpaired) electrons. The Kier molecular flexibility index (Phi) is 7.80. The maximum Gasteiger partial charge on any atom is 0.122 e. The van der Waals surface area contributed by atoms with Crippen LogP contribution >= 0.6 is 8.58 Å². The van der Waals surface area contributed by atoms with Gasteiger partial charge in [0.05, 0.1) is 5.69 Å². The van der Waals surface area contributed by atoms with E-state index < -0.39 is 0 Å². The van der Waals surface area contributed by atoms with Crippen molar-refractivity contribution in [2.75, 3.05) is 0 Å². The fourth-order valence-electron chi connectivity index (χ4n) is 4.30. The molecule has 0 saturated carbocycles. The molecule has 0 saturated heterocycles. The zero-order chi connectivity index (χ0) is 24.2. The molecule has 2 nitrogen and oxygen atoms in total. The summed E-state index contributed by atoms with van der Waals surface area (Å²) in [5.74, 6) is 0.444. The first-order valence-corrected chi connectivity index (χ1v) is 12.9. The number of nitrogens with zero attached hydrogens (tertiary/aromatic N) is 1. The quantitative estimate of drug-likeness (QED) is 0.281. The molecular weight excluding hydrogens is 421 g/mol. The number of benzene rings is 3. The van der Waals surface area contributed by atoms with Gasteiger partial charge in [0.15, 0.2) is 0 Å². The van der Waals surface area contributed by atoms with E-state index in [2.05, 4.69) is 71.9 Å². The van der Waals surface area contributed by atoms with Gasteiger partial charge in [-0.25, -0.2) is 0 Å². The molecule has 174 valence electrons. The summed E-state index contributed by atoms with van der Waals surface area (Å²) >= 11 is 0. The largest absolute Gasteiger partial charge is 0.507 e. The maximum atomic E-state index is 11.2. The van der Waals surface area contributed by atoms with Crippen LogP contribution in [-0.4, -0.2) is 11.3 Å². The normalized spacial score (nSPS) is 14.3. The summed E-state index contributed by atoms with van der Waals surface area (Å²) in [5, 5.41) is 12.4. The Morgan fingerprint density at radius 1 is 0.909 bits per heavy atom. The first-order valence-electron chi connectivity index (χ1n) is 11.9. The predicted molar refractivity (Wildman–Crippen MR) is 147 cm³/mol. The van der Waals surface area contributed by atoms with Crippen LogP contribution in [0.1, 0.15) is 75.3 Å². The third kappa shape index (κ3) is 5.92. The molecule has 33 heavy (non-hydrogen) atoms. The molecule has 0 aliphatic carbocycles. The van der Waals surface area contributed by atoms with Crippen LogP contribution in [0.5, 0.6) is 5.75 Å². The molecule has 2 atom stereocenters. The Balaban J connectivity index is 2.10. The van der Waals surface area contributed by atoms with Crippen molar-refractivity contribution in [3.05, 3.63) is 88.5 Å². The molecule has 0 aromatic heterocycles. The summed E-state index contributed by atoms with van der Waals surface area (Å²) in [5.41, 5.74) is 6.71. The lowest BCUT2D eigenvalue weighted by Gasteiger charge is -2.34. The van der Waals surface area contributed by atoms with Gasteiger partial charge in [-0.3, -0.25) is 4.99 Å². The maximum absolute atomic E-state index is 11.2. The number of phenols is 1. The van der Waals surface area contributed by atoms with Crippen molar-refractivity contribution >= 4 is 25.8 Å². The first kappa shape index (κ1) is 25.2. The van der Waals surface area contributed by atoms with E-state index in [-0.39, 0.29) is 10.6 Å². The molecular formula is C30H38NOP. The lowest BCUT2D eigenvalue weighted by Crippen LogP contribution is -2.23. The molecule has 0 aliphatic rings. The Morgan fingerprint density at radius 2 is 1.61 bits per heavy atom. The number of hydrogen-bond acceptors (Lipinski definition) is 2. The van der Waals surface area contributed by atoms with Crippen molar-refractivity contribution < 1.29 is 5.11 Å². The van der Waals surface area contributed by atoms with Crippen LogP contribution in [0.4, 0.5) is 5.69 Å². The van der Waals surface area contributed by atoms with E-state index in [1.807, 2.05) is 43.5 Å². The van der Waals surface area contributed by atoms with Gasteiger partial charge in [0.25, 0.3) is 0 Å². The molecule has 0 fully saturated rings. The van der Waals surface area contributed by atoms with E-state index in [1.54, 1.807) is 0 Å². The van der Waals surface area contributed by atoms with E-state index in [9.17, 15) is 5.11 Å². The fraction of sp³-hybridized carbons (Fsp3) is 0.367. The molecule has 3 aromatic carbocycles. The number of rotatable bonds is 7. The van der Waals surface area contributed by atoms with Gasteiger partial charge in [0.1, 0.15) is 5.75 Å². The van der Waals surface area contributed by atoms with Crippen LogP contribution in [0, 0.1) is 13.8 Å². The summed E-state index contributed by atoms with van der Waals surface area (Å²) in [6.45, 7) is 15.5. The molecule has 0 spiro atoms. The van der Waals surface area contributed by atoms with Crippen molar-refractivity contribution in [2.24, 2.45) is 4.99 Å². The average molecular weight is 460 g/mol. The lowest BCUT2D eigenvalue weighted by atomic mass is 9.82. The highest BCUT2D eigenvalue weighted by atomic mass is 31.1. The van der Waals surface area contributed by atoms with Crippen LogP contribution in [0.25, 0.3) is 0 Å². The second-order valence-electron chi connectivity index (χ2n) is 10.3. The molecule has 0 bridgehead atoms. The Hall–Kier alpha value is -2.44. The van der Waals surface area contributed by atoms with Gasteiger partial charge in [0.2, 0.25) is 0 Å². The SMILES string of the molecule is CCCC(C)(Pc1c(C)cccc1C=Nc1ccccc1)c1cc(C(C)(C)C)cc(C)c1O. The number of aliphatic imine (C=N–C) groups is 1. The van der Waals surface area contributed by atoms with E-state index in [1.165, 1.54) is 16.4 Å². The van der Waals surface area contributed by atoms with Crippen molar-refractivity contribution in [3.63, 3.8) is 0 Å². The third-order valence-corrected chi connectivity index (χ3v) is 8.33. The number of para-hydroxylation sites is 1. The molecule has 0 heterocycles. The highest BCUT2D eigenvalue weighted by molar-refractivity contribution is 7.49. The lowest BCUT2D eigenvalue weighted by molar-refractivity contribution is 0.447. The van der Waals surface area contributed by atoms with E-state index in [0.29, 0.717) is 14.3 Å². The highest BCUT2D eigenvalue weighted by Gasteiger charge is 2.32.